The maximum absolute atomic E-state index is 12.0. The van der Waals surface area contributed by atoms with Crippen LogP contribution in [0.3, 0.4) is 0 Å². The fourth-order valence-electron chi connectivity index (χ4n) is 2.16. The number of rotatable bonds is 5. The Balaban J connectivity index is 1.54. The molecule has 0 aliphatic rings. The van der Waals surface area contributed by atoms with Crippen molar-refractivity contribution >= 4 is 16.7 Å². The molecule has 0 bridgehead atoms. The third kappa shape index (κ3) is 3.48. The molecular weight excluding hydrogens is 276 g/mol. The van der Waals surface area contributed by atoms with Gasteiger partial charge in [-0.2, -0.15) is 0 Å². The van der Waals surface area contributed by atoms with Crippen LogP contribution in [0.1, 0.15) is 16.1 Å². The second-order valence-corrected chi connectivity index (χ2v) is 4.90. The Morgan fingerprint density at radius 3 is 2.55 bits per heavy atom. The van der Waals surface area contributed by atoms with Crippen molar-refractivity contribution in [3.8, 4) is 0 Å². The maximum Gasteiger partial charge on any atom is 0.271 e. The summed E-state index contributed by atoms with van der Waals surface area (Å²) in [5.41, 5.74) is 1.46. The Morgan fingerprint density at radius 1 is 1.00 bits per heavy atom. The zero-order chi connectivity index (χ0) is 15.2. The molecule has 0 aliphatic heterocycles. The van der Waals surface area contributed by atoms with E-state index in [2.05, 4.69) is 10.3 Å². The predicted octanol–water partition coefficient (Wildman–Crippen LogP) is 3.14. The summed E-state index contributed by atoms with van der Waals surface area (Å²) in [6.45, 7) is 0.620. The second kappa shape index (κ2) is 6.83. The summed E-state index contributed by atoms with van der Waals surface area (Å²) in [6, 6.07) is 19.4. The summed E-state index contributed by atoms with van der Waals surface area (Å²) < 4.78 is 5.44. The van der Waals surface area contributed by atoms with Crippen LogP contribution in [0.4, 0.5) is 0 Å². The van der Waals surface area contributed by atoms with Crippen molar-refractivity contribution in [1.82, 2.24) is 10.3 Å². The number of nitrogens with one attached hydrogen (secondary N) is 1. The highest BCUT2D eigenvalue weighted by atomic mass is 16.5. The van der Waals surface area contributed by atoms with Crippen LogP contribution in [0.2, 0.25) is 0 Å². The van der Waals surface area contributed by atoms with Gasteiger partial charge in [-0.1, -0.05) is 54.6 Å². The highest BCUT2D eigenvalue weighted by molar-refractivity contribution is 5.96. The Morgan fingerprint density at radius 2 is 1.73 bits per heavy atom. The molecule has 110 valence electrons. The van der Waals surface area contributed by atoms with Crippen molar-refractivity contribution in [2.24, 2.45) is 0 Å². The van der Waals surface area contributed by atoms with Gasteiger partial charge in [-0.3, -0.25) is 9.78 Å². The molecule has 2 aromatic carbocycles. The van der Waals surface area contributed by atoms with Gasteiger partial charge in [0.25, 0.3) is 5.91 Å². The number of aromatic nitrogens is 1. The average Bonchev–Trinajstić information content (AvgIpc) is 2.59. The molecule has 22 heavy (non-hydrogen) atoms. The number of hydrogen-bond donors (Lipinski definition) is 1. The van der Waals surface area contributed by atoms with E-state index in [9.17, 15) is 4.79 Å². The molecule has 1 heterocycles. The van der Waals surface area contributed by atoms with Crippen LogP contribution in [0.5, 0.6) is 0 Å². The van der Waals surface area contributed by atoms with Crippen molar-refractivity contribution in [1.29, 1.82) is 0 Å². The first-order valence-corrected chi connectivity index (χ1v) is 7.07. The minimum absolute atomic E-state index is 0.155. The van der Waals surface area contributed by atoms with Gasteiger partial charge in [-0.25, -0.2) is 0 Å². The van der Waals surface area contributed by atoms with Crippen molar-refractivity contribution in [3.63, 3.8) is 0 Å². The monoisotopic (exact) mass is 292 g/mol. The molecule has 0 spiro atoms. The van der Waals surface area contributed by atoms with Gasteiger partial charge in [0, 0.05) is 11.6 Å². The number of fused-ring (bicyclic) bond motifs is 1. The minimum Gasteiger partial charge on any atom is -0.357 e. The molecule has 0 aliphatic carbocycles. The third-order valence-electron chi connectivity index (χ3n) is 3.31. The quantitative estimate of drug-likeness (QED) is 0.580. The van der Waals surface area contributed by atoms with Gasteiger partial charge in [-0.05, 0) is 17.0 Å². The van der Waals surface area contributed by atoms with Gasteiger partial charge in [0.2, 0.25) is 0 Å². The van der Waals surface area contributed by atoms with E-state index in [1.165, 1.54) is 0 Å². The van der Waals surface area contributed by atoms with E-state index < -0.39 is 0 Å². The summed E-state index contributed by atoms with van der Waals surface area (Å²) in [6.07, 6.45) is 1.70. The molecule has 1 amide bonds. The molecule has 1 aromatic heterocycles. The second-order valence-electron chi connectivity index (χ2n) is 4.90. The lowest BCUT2D eigenvalue weighted by Gasteiger charge is -2.07. The van der Waals surface area contributed by atoms with Crippen LogP contribution in [0.15, 0.2) is 66.9 Å². The van der Waals surface area contributed by atoms with Crippen LogP contribution in [0, 0.1) is 0 Å². The van der Waals surface area contributed by atoms with E-state index >= 15 is 0 Å². The number of hydrogen-bond acceptors (Lipinski definition) is 3. The molecule has 0 unspecified atom stereocenters. The number of ether oxygens (including phenoxy) is 1. The smallest absolute Gasteiger partial charge is 0.271 e. The van der Waals surface area contributed by atoms with Crippen LogP contribution >= 0.6 is 0 Å². The Bertz CT molecular complexity index is 772. The van der Waals surface area contributed by atoms with Crippen molar-refractivity contribution < 1.29 is 9.53 Å². The molecule has 3 aromatic rings. The highest BCUT2D eigenvalue weighted by Crippen LogP contribution is 2.13. The SMILES string of the molecule is O=C(NCOCc1ccccc1)c1cc2ccccc2cn1. The molecule has 0 fully saturated rings. The van der Waals surface area contributed by atoms with Gasteiger partial charge in [0.1, 0.15) is 12.4 Å². The molecule has 0 saturated heterocycles. The maximum atomic E-state index is 12.0. The number of pyridine rings is 1. The average molecular weight is 292 g/mol. The summed E-state index contributed by atoms with van der Waals surface area (Å²) in [7, 11) is 0. The van der Waals surface area contributed by atoms with Crippen molar-refractivity contribution in [2.45, 2.75) is 6.61 Å². The lowest BCUT2D eigenvalue weighted by molar-refractivity contribution is 0.0747. The van der Waals surface area contributed by atoms with Gasteiger partial charge < -0.3 is 10.1 Å². The first-order valence-electron chi connectivity index (χ1n) is 7.07. The van der Waals surface area contributed by atoms with Crippen LogP contribution in [-0.4, -0.2) is 17.6 Å². The van der Waals surface area contributed by atoms with Crippen LogP contribution < -0.4 is 5.32 Å². The molecule has 4 nitrogen and oxygen atoms in total. The standard InChI is InChI=1S/C18H16N2O2/c21-18(20-13-22-12-14-6-2-1-3-7-14)17-10-15-8-4-5-9-16(15)11-19-17/h1-11H,12-13H2,(H,20,21). The molecular formula is C18H16N2O2. The number of amides is 1. The zero-order valence-electron chi connectivity index (χ0n) is 12.0. The molecule has 0 radical (unpaired) electrons. The predicted molar refractivity (Wildman–Crippen MR) is 85.3 cm³/mol. The van der Waals surface area contributed by atoms with Crippen molar-refractivity contribution in [3.05, 3.63) is 78.1 Å². The van der Waals surface area contributed by atoms with Gasteiger partial charge >= 0.3 is 0 Å². The van der Waals surface area contributed by atoms with Crippen LogP contribution in [-0.2, 0) is 11.3 Å². The first-order chi connectivity index (χ1) is 10.8. The van der Waals surface area contributed by atoms with Crippen molar-refractivity contribution in [2.75, 3.05) is 6.73 Å². The third-order valence-corrected chi connectivity index (χ3v) is 3.31. The number of carbonyl (C=O) groups is 1. The fourth-order valence-corrected chi connectivity index (χ4v) is 2.16. The number of nitrogens with zero attached hydrogens (tertiary/aromatic N) is 1. The Kier molecular flexibility index (Phi) is 4.41. The zero-order valence-corrected chi connectivity index (χ0v) is 12.0. The number of carbonyl (C=O) groups excluding carboxylic acids is 1. The molecule has 1 N–H and O–H groups in total. The highest BCUT2D eigenvalue weighted by Gasteiger charge is 2.07. The van der Waals surface area contributed by atoms with E-state index in [0.29, 0.717) is 12.3 Å². The molecule has 3 rings (SSSR count). The summed E-state index contributed by atoms with van der Waals surface area (Å²) in [5, 5.41) is 4.72. The van der Waals surface area contributed by atoms with Gasteiger partial charge in [0.15, 0.2) is 0 Å². The minimum atomic E-state index is -0.237. The normalized spacial score (nSPS) is 10.5. The summed E-state index contributed by atoms with van der Waals surface area (Å²) in [5.74, 6) is -0.237. The van der Waals surface area contributed by atoms with E-state index in [4.69, 9.17) is 4.74 Å². The van der Waals surface area contributed by atoms with E-state index in [0.717, 1.165) is 16.3 Å². The van der Waals surface area contributed by atoms with E-state index in [-0.39, 0.29) is 12.6 Å². The topological polar surface area (TPSA) is 51.2 Å². The van der Waals surface area contributed by atoms with E-state index in [1.807, 2.05) is 54.6 Å². The van der Waals surface area contributed by atoms with Gasteiger partial charge in [0.05, 0.1) is 6.61 Å². The lowest BCUT2D eigenvalue weighted by Crippen LogP contribution is -2.26. The number of benzene rings is 2. The Hall–Kier alpha value is -2.72. The van der Waals surface area contributed by atoms with E-state index in [1.54, 1.807) is 12.3 Å². The molecule has 0 atom stereocenters. The van der Waals surface area contributed by atoms with Crippen LogP contribution in [0.25, 0.3) is 10.8 Å². The summed E-state index contributed by atoms with van der Waals surface area (Å²) in [4.78, 5) is 16.2. The fraction of sp³-hybridized carbons (Fsp3) is 0.111. The molecule has 4 heteroatoms. The van der Waals surface area contributed by atoms with Gasteiger partial charge in [-0.15, -0.1) is 0 Å². The Labute approximate surface area is 128 Å². The summed E-state index contributed by atoms with van der Waals surface area (Å²) >= 11 is 0. The molecule has 0 saturated carbocycles. The largest absolute Gasteiger partial charge is 0.357 e. The lowest BCUT2D eigenvalue weighted by atomic mass is 10.1. The first kappa shape index (κ1) is 14.2.